The molecule has 23 heteroatoms. The first-order valence-electron chi connectivity index (χ1n) is 28.1. The molecular formula is C54H88O23. The number of fused-ring (bicyclic) bond motifs is 4. The van der Waals surface area contributed by atoms with Gasteiger partial charge in [0, 0.05) is 18.3 Å². The second-order valence-corrected chi connectivity index (χ2v) is 26.9. The molecule has 29 atom stereocenters. The first-order valence-corrected chi connectivity index (χ1v) is 28.1. The Morgan fingerprint density at radius 2 is 1.18 bits per heavy atom. The summed E-state index contributed by atoms with van der Waals surface area (Å²) in [6.07, 6.45) is -24.7. The molecule has 0 aromatic carbocycles. The normalized spacial score (nSPS) is 56.0. The van der Waals surface area contributed by atoms with E-state index in [-0.39, 0.29) is 52.0 Å². The van der Waals surface area contributed by atoms with Crippen molar-refractivity contribution in [2.45, 2.75) is 248 Å². The summed E-state index contributed by atoms with van der Waals surface area (Å²) in [5.74, 6) is 0.148. The van der Waals surface area contributed by atoms with Crippen LogP contribution in [0.4, 0.5) is 0 Å². The van der Waals surface area contributed by atoms with E-state index in [9.17, 15) is 66.1 Å². The number of aliphatic hydroxyl groups excluding tert-OH is 12. The van der Waals surface area contributed by atoms with E-state index in [0.717, 1.165) is 38.5 Å². The van der Waals surface area contributed by atoms with Crippen LogP contribution in [0.2, 0.25) is 0 Å². The third-order valence-corrected chi connectivity index (χ3v) is 22.1. The summed E-state index contributed by atoms with van der Waals surface area (Å²) in [5, 5.41) is 131. The summed E-state index contributed by atoms with van der Waals surface area (Å²) in [6, 6.07) is 0. The van der Waals surface area contributed by atoms with Gasteiger partial charge in [-0.15, -0.1) is 0 Å². The fraction of sp³-hybridized carbons (Fsp3) is 0.981. The predicted octanol–water partition coefficient (Wildman–Crippen LogP) is -1.53. The molecule has 10 aliphatic rings. The van der Waals surface area contributed by atoms with Gasteiger partial charge in [-0.1, -0.05) is 48.5 Å². The van der Waals surface area contributed by atoms with E-state index in [4.69, 9.17) is 47.4 Å². The number of hydrogen-bond acceptors (Lipinski definition) is 23. The Balaban J connectivity index is 0.829. The summed E-state index contributed by atoms with van der Waals surface area (Å²) in [6.45, 7) is 15.4. The van der Waals surface area contributed by atoms with Gasteiger partial charge in [-0.2, -0.15) is 0 Å². The van der Waals surface area contributed by atoms with Crippen LogP contribution in [0.5, 0.6) is 0 Å². The number of ether oxygens (including phenoxy) is 10. The SMILES string of the molecule is CC(=O)O[C@H]1CC(C)(C)CC2[C@]13CO[C@@]21CCC2[C@@]4(C)CC[C@H](O[C@@H]5OC[C@H](O[C@@H]6O[C@H](CO)[C@@H](O[C@@H]7O[C@H](CO)[C@@H](O)[C@H](O)[C@H]7O)[C@H](O)[C@H]6O[C@@H]6OC[C@@H](O)[C@H](O)[C@H]6O)[C@H](O)[C@H]5O)C(C)(C)C4CC[C@@]2(C)[C@]1(C)C[C@H]3O. The Morgan fingerprint density at radius 1 is 0.558 bits per heavy atom. The quantitative estimate of drug-likeness (QED) is 0.0825. The number of aliphatic hydroxyl groups is 12. The summed E-state index contributed by atoms with van der Waals surface area (Å²) in [4.78, 5) is 12.6. The van der Waals surface area contributed by atoms with E-state index in [0.29, 0.717) is 25.9 Å². The lowest BCUT2D eigenvalue weighted by Gasteiger charge is -2.75. The third-order valence-electron chi connectivity index (χ3n) is 22.1. The van der Waals surface area contributed by atoms with Gasteiger partial charge in [0.05, 0.1) is 56.3 Å². The molecule has 5 aliphatic carbocycles. The Bertz CT molecular complexity index is 2120. The van der Waals surface area contributed by atoms with E-state index >= 15 is 0 Å². The lowest BCUT2D eigenvalue weighted by molar-refractivity contribution is -0.394. The molecule has 442 valence electrons. The van der Waals surface area contributed by atoms with Crippen LogP contribution in [0, 0.1) is 50.2 Å². The monoisotopic (exact) mass is 1100 g/mol. The minimum Gasteiger partial charge on any atom is -0.462 e. The molecule has 10 fully saturated rings. The van der Waals surface area contributed by atoms with Gasteiger partial charge < -0.3 is 109 Å². The van der Waals surface area contributed by atoms with E-state index in [1.54, 1.807) is 0 Å². The van der Waals surface area contributed by atoms with Crippen molar-refractivity contribution in [2.75, 3.05) is 33.0 Å². The van der Waals surface area contributed by atoms with Crippen LogP contribution in [-0.4, -0.2) is 235 Å². The Morgan fingerprint density at radius 3 is 1.87 bits per heavy atom. The first-order chi connectivity index (χ1) is 36.1. The number of carbonyl (C=O) groups excluding carboxylic acids is 1. The fourth-order valence-corrected chi connectivity index (χ4v) is 17.9. The highest BCUT2D eigenvalue weighted by molar-refractivity contribution is 5.66. The van der Waals surface area contributed by atoms with Crippen molar-refractivity contribution in [3.05, 3.63) is 0 Å². The molecule has 0 aromatic rings. The van der Waals surface area contributed by atoms with E-state index in [2.05, 4.69) is 48.5 Å². The largest absolute Gasteiger partial charge is 0.462 e. The van der Waals surface area contributed by atoms with Gasteiger partial charge in [0.25, 0.3) is 0 Å². The van der Waals surface area contributed by atoms with Crippen molar-refractivity contribution < 1.29 is 113 Å². The minimum absolute atomic E-state index is 0.0214. The van der Waals surface area contributed by atoms with E-state index in [1.807, 2.05) is 0 Å². The molecule has 0 aromatic heterocycles. The second-order valence-electron chi connectivity index (χ2n) is 26.9. The summed E-state index contributed by atoms with van der Waals surface area (Å²) >= 11 is 0. The molecule has 0 radical (unpaired) electrons. The highest BCUT2D eigenvalue weighted by atomic mass is 16.8. The molecule has 10 rings (SSSR count). The number of esters is 1. The molecule has 77 heavy (non-hydrogen) atoms. The Hall–Kier alpha value is -1.37. The maximum Gasteiger partial charge on any atom is 0.302 e. The van der Waals surface area contributed by atoms with Crippen LogP contribution in [0.1, 0.15) is 113 Å². The van der Waals surface area contributed by atoms with Gasteiger partial charge in [-0.05, 0) is 91.3 Å². The molecule has 2 bridgehead atoms. The molecule has 23 nitrogen and oxygen atoms in total. The molecule has 5 heterocycles. The van der Waals surface area contributed by atoms with Crippen molar-refractivity contribution in [1.82, 2.24) is 0 Å². The average Bonchev–Trinajstić information content (AvgIpc) is 3.26. The molecular weight excluding hydrogens is 1020 g/mol. The molecule has 5 saturated heterocycles. The smallest absolute Gasteiger partial charge is 0.302 e. The summed E-state index contributed by atoms with van der Waals surface area (Å²) in [7, 11) is 0. The molecule has 1 spiro atoms. The fourth-order valence-electron chi connectivity index (χ4n) is 17.9. The van der Waals surface area contributed by atoms with Crippen molar-refractivity contribution in [3.63, 3.8) is 0 Å². The first kappa shape index (κ1) is 58.8. The van der Waals surface area contributed by atoms with Crippen molar-refractivity contribution in [2.24, 2.45) is 50.2 Å². The van der Waals surface area contributed by atoms with Crippen LogP contribution in [0.3, 0.4) is 0 Å². The van der Waals surface area contributed by atoms with Crippen molar-refractivity contribution in [1.29, 1.82) is 0 Å². The zero-order valence-corrected chi connectivity index (χ0v) is 45.6. The zero-order valence-electron chi connectivity index (χ0n) is 45.6. The number of rotatable bonds is 11. The molecule has 5 aliphatic heterocycles. The highest BCUT2D eigenvalue weighted by Crippen LogP contribution is 2.81. The van der Waals surface area contributed by atoms with Crippen LogP contribution in [0.25, 0.3) is 0 Å². The highest BCUT2D eigenvalue weighted by Gasteiger charge is 2.82. The van der Waals surface area contributed by atoms with E-state index in [1.165, 1.54) is 6.92 Å². The predicted molar refractivity (Wildman–Crippen MR) is 261 cm³/mol. The minimum atomic E-state index is -1.94. The zero-order chi connectivity index (χ0) is 55.9. The van der Waals surface area contributed by atoms with Gasteiger partial charge in [0.1, 0.15) is 91.6 Å². The average molecular weight is 1110 g/mol. The summed E-state index contributed by atoms with van der Waals surface area (Å²) in [5.41, 5.74) is -2.44. The second kappa shape index (κ2) is 20.8. The van der Waals surface area contributed by atoms with Crippen LogP contribution in [0.15, 0.2) is 0 Å². The Kier molecular flexibility index (Phi) is 15.9. The van der Waals surface area contributed by atoms with Crippen molar-refractivity contribution >= 4 is 5.97 Å². The lowest BCUT2D eigenvalue weighted by Crippen LogP contribution is -2.75. The number of carbonyl (C=O) groups is 1. The Labute approximate surface area is 449 Å². The maximum absolute atomic E-state index is 12.6. The van der Waals surface area contributed by atoms with Gasteiger partial charge >= 0.3 is 5.97 Å². The lowest BCUT2D eigenvalue weighted by atomic mass is 9.30. The molecule has 0 amide bonds. The topological polar surface area (TPSA) is 352 Å². The van der Waals surface area contributed by atoms with Crippen molar-refractivity contribution in [3.8, 4) is 0 Å². The van der Waals surface area contributed by atoms with E-state index < -0.39 is 165 Å². The maximum atomic E-state index is 12.6. The van der Waals surface area contributed by atoms with Crippen LogP contribution in [-0.2, 0) is 52.2 Å². The van der Waals surface area contributed by atoms with Gasteiger partial charge in [-0.25, -0.2) is 0 Å². The molecule has 3 unspecified atom stereocenters. The third kappa shape index (κ3) is 9.04. The standard InChI is InChI=1S/C54H88O23/c1-23(57)71-33-17-48(2,3)15-30-53(33)22-70-54(30)14-10-29-50(6)12-11-32(49(4,5)28(50)9-13-51(29,7)52(54,8)16-31(53)59)75-44-39(65)36(62)27(21-69-44)74-47-43(77-45-38(64)34(60)24(58)20-68-45)41(67)42(26(19-56)73-47)76-46-40(66)37(63)35(61)25(18-55)72-46/h24-47,55-56,58-67H,9-22H2,1-8H3/t24-,25-,26-,27+,28?,29?,30?,31-,32+,33+,34+,35-,36+,37+,38-,39-,40-,41+,42-,43-,44+,45+,46+,47+,50+,51-,52+,53+,54+/m1/s1. The van der Waals surface area contributed by atoms with Gasteiger partial charge in [-0.3, -0.25) is 4.79 Å². The van der Waals surface area contributed by atoms with Crippen LogP contribution >= 0.6 is 0 Å². The molecule has 12 N–H and O–H groups in total. The van der Waals surface area contributed by atoms with Crippen LogP contribution < -0.4 is 0 Å². The summed E-state index contributed by atoms with van der Waals surface area (Å²) < 4.78 is 61.2. The molecule has 5 saturated carbocycles. The van der Waals surface area contributed by atoms with Gasteiger partial charge in [0.2, 0.25) is 0 Å². The van der Waals surface area contributed by atoms with Gasteiger partial charge in [0.15, 0.2) is 25.2 Å². The number of hydrogen-bond donors (Lipinski definition) is 12.